The van der Waals surface area contributed by atoms with Gasteiger partial charge in [-0.1, -0.05) is 54.6 Å². The zero-order valence-corrected chi connectivity index (χ0v) is 15.9. The van der Waals surface area contributed by atoms with Crippen LogP contribution in [0.2, 0.25) is 0 Å². The van der Waals surface area contributed by atoms with Gasteiger partial charge in [-0.2, -0.15) is 0 Å². The number of nitrogens with one attached hydrogen (secondary N) is 1. The van der Waals surface area contributed by atoms with E-state index in [0.717, 1.165) is 10.9 Å². The Labute approximate surface area is 168 Å². The minimum absolute atomic E-state index is 0.0582. The first kappa shape index (κ1) is 18.5. The summed E-state index contributed by atoms with van der Waals surface area (Å²) in [6, 6.07) is 23.4. The lowest BCUT2D eigenvalue weighted by Gasteiger charge is -2.21. The smallest absolute Gasteiger partial charge is 0.252 e. The van der Waals surface area contributed by atoms with E-state index >= 15 is 0 Å². The van der Waals surface area contributed by atoms with E-state index in [1.54, 1.807) is 37.6 Å². The molecule has 144 valence electrons. The van der Waals surface area contributed by atoms with Crippen molar-refractivity contribution in [3.63, 3.8) is 0 Å². The number of aromatic nitrogens is 1. The molecule has 1 amide bonds. The quantitative estimate of drug-likeness (QED) is 0.533. The number of phenolic OH excluding ortho intramolecular Hbond substituents is 1. The average molecular weight is 384 g/mol. The minimum Gasteiger partial charge on any atom is -0.505 e. The molecule has 0 radical (unpaired) electrons. The van der Waals surface area contributed by atoms with E-state index in [1.807, 2.05) is 54.6 Å². The molecule has 1 aromatic heterocycles. The second-order valence-electron chi connectivity index (χ2n) is 6.63. The standard InChI is InChI=1S/C24H20N2O3/c1-29-19-11-5-9-18(15-19)24(28)26-21(16-7-3-2-4-8-16)20-13-12-17-10-6-14-25-22(17)23(20)27/h2-15,21,27H,1H3,(H,26,28). The number of rotatable bonds is 5. The van der Waals surface area contributed by atoms with Crippen LogP contribution in [0.5, 0.6) is 11.5 Å². The summed E-state index contributed by atoms with van der Waals surface area (Å²) >= 11 is 0. The molecule has 0 spiro atoms. The van der Waals surface area contributed by atoms with E-state index < -0.39 is 6.04 Å². The first-order valence-corrected chi connectivity index (χ1v) is 9.24. The van der Waals surface area contributed by atoms with Crippen LogP contribution in [-0.2, 0) is 0 Å². The Morgan fingerprint density at radius 2 is 1.83 bits per heavy atom. The molecule has 4 rings (SSSR count). The van der Waals surface area contributed by atoms with Crippen molar-refractivity contribution in [2.45, 2.75) is 6.04 Å². The molecule has 0 aliphatic rings. The van der Waals surface area contributed by atoms with E-state index in [4.69, 9.17) is 4.74 Å². The van der Waals surface area contributed by atoms with Gasteiger partial charge in [0.25, 0.3) is 5.91 Å². The van der Waals surface area contributed by atoms with Gasteiger partial charge in [-0.05, 0) is 29.8 Å². The molecule has 29 heavy (non-hydrogen) atoms. The van der Waals surface area contributed by atoms with Crippen molar-refractivity contribution in [2.24, 2.45) is 0 Å². The third-order valence-corrected chi connectivity index (χ3v) is 4.83. The van der Waals surface area contributed by atoms with Crippen molar-refractivity contribution in [3.8, 4) is 11.5 Å². The lowest BCUT2D eigenvalue weighted by molar-refractivity contribution is 0.0942. The Bertz CT molecular complexity index is 1160. The van der Waals surface area contributed by atoms with Gasteiger partial charge in [0.2, 0.25) is 0 Å². The van der Waals surface area contributed by atoms with Crippen LogP contribution in [0, 0.1) is 0 Å². The van der Waals surface area contributed by atoms with Crippen LogP contribution in [0.15, 0.2) is 85.1 Å². The molecule has 5 heteroatoms. The Hall–Kier alpha value is -3.86. The van der Waals surface area contributed by atoms with Crippen LogP contribution < -0.4 is 10.1 Å². The molecule has 0 fully saturated rings. The molecule has 3 aromatic carbocycles. The number of hydrogen-bond acceptors (Lipinski definition) is 4. The molecule has 0 aliphatic heterocycles. The minimum atomic E-state index is -0.540. The summed E-state index contributed by atoms with van der Waals surface area (Å²) in [7, 11) is 1.56. The molecule has 0 saturated heterocycles. The Kier molecular flexibility index (Phi) is 5.12. The molecule has 0 saturated carbocycles. The number of carbonyl (C=O) groups excluding carboxylic acids is 1. The normalized spacial score (nSPS) is 11.8. The summed E-state index contributed by atoms with van der Waals surface area (Å²) in [4.78, 5) is 17.3. The maximum atomic E-state index is 13.0. The predicted octanol–water partition coefficient (Wildman–Crippen LogP) is 4.47. The lowest BCUT2D eigenvalue weighted by atomic mass is 9.96. The first-order chi connectivity index (χ1) is 14.2. The molecule has 1 unspecified atom stereocenters. The Balaban J connectivity index is 1.77. The molecule has 4 aromatic rings. The number of carbonyl (C=O) groups is 1. The van der Waals surface area contributed by atoms with Crippen molar-refractivity contribution in [2.75, 3.05) is 7.11 Å². The van der Waals surface area contributed by atoms with Gasteiger partial charge in [0.05, 0.1) is 13.2 Å². The van der Waals surface area contributed by atoms with Crippen molar-refractivity contribution >= 4 is 16.8 Å². The van der Waals surface area contributed by atoms with Gasteiger partial charge in [0.1, 0.15) is 17.0 Å². The van der Waals surface area contributed by atoms with Crippen LogP contribution in [0.1, 0.15) is 27.5 Å². The van der Waals surface area contributed by atoms with Gasteiger partial charge >= 0.3 is 0 Å². The van der Waals surface area contributed by atoms with Gasteiger partial charge in [-0.25, -0.2) is 0 Å². The summed E-state index contributed by atoms with van der Waals surface area (Å²) in [6.45, 7) is 0. The SMILES string of the molecule is COc1cccc(C(=O)NC(c2ccccc2)c2ccc3cccnc3c2O)c1. The number of aromatic hydroxyl groups is 1. The molecule has 5 nitrogen and oxygen atoms in total. The van der Waals surface area contributed by atoms with Gasteiger partial charge in [0.15, 0.2) is 0 Å². The monoisotopic (exact) mass is 384 g/mol. The van der Waals surface area contributed by atoms with E-state index in [0.29, 0.717) is 22.4 Å². The number of nitrogens with zero attached hydrogens (tertiary/aromatic N) is 1. The van der Waals surface area contributed by atoms with Crippen LogP contribution >= 0.6 is 0 Å². The number of pyridine rings is 1. The second-order valence-corrected chi connectivity index (χ2v) is 6.63. The summed E-state index contributed by atoms with van der Waals surface area (Å²) in [6.07, 6.45) is 1.64. The highest BCUT2D eigenvalue weighted by Crippen LogP contribution is 2.34. The Morgan fingerprint density at radius 1 is 1.00 bits per heavy atom. The van der Waals surface area contributed by atoms with E-state index in [1.165, 1.54) is 0 Å². The maximum absolute atomic E-state index is 13.0. The lowest BCUT2D eigenvalue weighted by Crippen LogP contribution is -2.29. The molecule has 1 heterocycles. The largest absolute Gasteiger partial charge is 0.505 e. The van der Waals surface area contributed by atoms with Crippen LogP contribution in [0.3, 0.4) is 0 Å². The van der Waals surface area contributed by atoms with E-state index in [-0.39, 0.29) is 11.7 Å². The molecular formula is C24H20N2O3. The van der Waals surface area contributed by atoms with E-state index in [2.05, 4.69) is 10.3 Å². The summed E-state index contributed by atoms with van der Waals surface area (Å²) in [5.74, 6) is 0.396. The summed E-state index contributed by atoms with van der Waals surface area (Å²) < 4.78 is 5.22. The highest BCUT2D eigenvalue weighted by Gasteiger charge is 2.22. The van der Waals surface area contributed by atoms with Crippen molar-refractivity contribution in [3.05, 3.63) is 102 Å². The number of hydrogen-bond donors (Lipinski definition) is 2. The number of benzene rings is 3. The third kappa shape index (κ3) is 3.75. The number of methoxy groups -OCH3 is 1. The first-order valence-electron chi connectivity index (χ1n) is 9.24. The number of ether oxygens (including phenoxy) is 1. The molecule has 1 atom stereocenters. The fourth-order valence-corrected chi connectivity index (χ4v) is 3.34. The fraction of sp³-hybridized carbons (Fsp3) is 0.0833. The highest BCUT2D eigenvalue weighted by molar-refractivity contribution is 5.95. The topological polar surface area (TPSA) is 71.5 Å². The van der Waals surface area contributed by atoms with Crippen molar-refractivity contribution < 1.29 is 14.6 Å². The van der Waals surface area contributed by atoms with Crippen LogP contribution in [0.4, 0.5) is 0 Å². The number of amides is 1. The van der Waals surface area contributed by atoms with Crippen molar-refractivity contribution in [1.82, 2.24) is 10.3 Å². The van der Waals surface area contributed by atoms with Gasteiger partial charge < -0.3 is 15.2 Å². The van der Waals surface area contributed by atoms with Gasteiger partial charge in [-0.3, -0.25) is 9.78 Å². The number of phenols is 1. The predicted molar refractivity (Wildman–Crippen MR) is 112 cm³/mol. The van der Waals surface area contributed by atoms with E-state index in [9.17, 15) is 9.90 Å². The Morgan fingerprint density at radius 3 is 2.62 bits per heavy atom. The molecule has 2 N–H and O–H groups in total. The van der Waals surface area contributed by atoms with Gasteiger partial charge in [0, 0.05) is 22.7 Å². The second kappa shape index (κ2) is 8.02. The summed E-state index contributed by atoms with van der Waals surface area (Å²) in [5, 5.41) is 14.8. The average Bonchev–Trinajstić information content (AvgIpc) is 2.79. The fourth-order valence-electron chi connectivity index (χ4n) is 3.34. The molecular weight excluding hydrogens is 364 g/mol. The zero-order valence-electron chi connectivity index (χ0n) is 15.9. The highest BCUT2D eigenvalue weighted by atomic mass is 16.5. The maximum Gasteiger partial charge on any atom is 0.252 e. The molecule has 0 aliphatic carbocycles. The summed E-state index contributed by atoms with van der Waals surface area (Å²) in [5.41, 5.74) is 2.42. The van der Waals surface area contributed by atoms with Crippen LogP contribution in [-0.4, -0.2) is 23.1 Å². The van der Waals surface area contributed by atoms with Crippen molar-refractivity contribution in [1.29, 1.82) is 0 Å². The molecule has 0 bridgehead atoms. The zero-order chi connectivity index (χ0) is 20.2. The number of fused-ring (bicyclic) bond motifs is 1. The third-order valence-electron chi connectivity index (χ3n) is 4.83. The van der Waals surface area contributed by atoms with Crippen LogP contribution in [0.25, 0.3) is 10.9 Å². The van der Waals surface area contributed by atoms with Gasteiger partial charge in [-0.15, -0.1) is 0 Å².